The van der Waals surface area contributed by atoms with Crippen LogP contribution in [0.15, 0.2) is 0 Å². The third-order valence-corrected chi connectivity index (χ3v) is 3.53. The van der Waals surface area contributed by atoms with E-state index in [4.69, 9.17) is 0 Å². The first-order valence-electron chi connectivity index (χ1n) is 6.78. The normalized spacial score (nSPS) is 14.9. The second kappa shape index (κ2) is 8.49. The minimum atomic E-state index is -0.321. The second-order valence-electron chi connectivity index (χ2n) is 5.39. The SMILES string of the molecule is CCC(C#N)(CCCN(C)CCC(C)C)NC. The van der Waals surface area contributed by atoms with Gasteiger partial charge in [0, 0.05) is 0 Å². The number of nitrogens with one attached hydrogen (secondary N) is 1. The lowest BCUT2D eigenvalue weighted by molar-refractivity contribution is 0.285. The molecule has 3 nitrogen and oxygen atoms in total. The molecule has 0 aromatic carbocycles. The molecule has 0 saturated heterocycles. The van der Waals surface area contributed by atoms with E-state index in [1.54, 1.807) is 0 Å². The molecule has 0 aromatic heterocycles. The Bertz CT molecular complexity index is 226. The zero-order valence-electron chi connectivity index (χ0n) is 12.2. The zero-order chi connectivity index (χ0) is 13.3. The quantitative estimate of drug-likeness (QED) is 0.672. The average molecular weight is 239 g/mol. The van der Waals surface area contributed by atoms with E-state index in [2.05, 4.69) is 44.1 Å². The molecule has 0 radical (unpaired) electrons. The predicted molar refractivity (Wildman–Crippen MR) is 73.9 cm³/mol. The summed E-state index contributed by atoms with van der Waals surface area (Å²) in [6.45, 7) is 8.82. The largest absolute Gasteiger partial charge is 0.306 e. The van der Waals surface area contributed by atoms with Crippen LogP contribution in [0.5, 0.6) is 0 Å². The molecule has 0 rings (SSSR count). The summed E-state index contributed by atoms with van der Waals surface area (Å²) in [5, 5.41) is 12.4. The summed E-state index contributed by atoms with van der Waals surface area (Å²) in [6.07, 6.45) is 4.13. The molecule has 0 heterocycles. The highest BCUT2D eigenvalue weighted by Crippen LogP contribution is 2.16. The molecule has 1 unspecified atom stereocenters. The lowest BCUT2D eigenvalue weighted by Crippen LogP contribution is -2.41. The Labute approximate surface area is 107 Å². The molecule has 0 aliphatic carbocycles. The van der Waals surface area contributed by atoms with Gasteiger partial charge >= 0.3 is 0 Å². The van der Waals surface area contributed by atoms with E-state index >= 15 is 0 Å². The first-order valence-corrected chi connectivity index (χ1v) is 6.78. The molecule has 17 heavy (non-hydrogen) atoms. The van der Waals surface area contributed by atoms with Gasteiger partial charge in [-0.2, -0.15) is 5.26 Å². The molecule has 1 atom stereocenters. The van der Waals surface area contributed by atoms with Gasteiger partial charge in [0.15, 0.2) is 0 Å². The highest BCUT2D eigenvalue weighted by atomic mass is 15.1. The zero-order valence-corrected chi connectivity index (χ0v) is 12.2. The van der Waals surface area contributed by atoms with Crippen LogP contribution in [-0.4, -0.2) is 37.6 Å². The summed E-state index contributed by atoms with van der Waals surface area (Å²) >= 11 is 0. The highest BCUT2D eigenvalue weighted by molar-refractivity contribution is 5.05. The van der Waals surface area contributed by atoms with Gasteiger partial charge < -0.3 is 10.2 Å². The topological polar surface area (TPSA) is 39.1 Å². The van der Waals surface area contributed by atoms with E-state index < -0.39 is 0 Å². The number of nitrogens with zero attached hydrogens (tertiary/aromatic N) is 2. The van der Waals surface area contributed by atoms with Crippen molar-refractivity contribution in [2.75, 3.05) is 27.2 Å². The van der Waals surface area contributed by atoms with Crippen molar-refractivity contribution in [1.82, 2.24) is 10.2 Å². The van der Waals surface area contributed by atoms with Crippen LogP contribution in [0.25, 0.3) is 0 Å². The molecule has 0 aromatic rings. The fraction of sp³-hybridized carbons (Fsp3) is 0.929. The van der Waals surface area contributed by atoms with E-state index in [0.717, 1.165) is 38.3 Å². The molecule has 0 fully saturated rings. The molecule has 100 valence electrons. The van der Waals surface area contributed by atoms with Gasteiger partial charge in [0.1, 0.15) is 5.54 Å². The molecular formula is C14H29N3. The first kappa shape index (κ1) is 16.4. The summed E-state index contributed by atoms with van der Waals surface area (Å²) in [7, 11) is 4.05. The van der Waals surface area contributed by atoms with Crippen molar-refractivity contribution in [1.29, 1.82) is 5.26 Å². The molecule has 0 amide bonds. The molecule has 1 N–H and O–H groups in total. The monoisotopic (exact) mass is 239 g/mol. The van der Waals surface area contributed by atoms with Gasteiger partial charge in [-0.3, -0.25) is 0 Å². The minimum absolute atomic E-state index is 0.321. The maximum atomic E-state index is 9.19. The maximum absolute atomic E-state index is 9.19. The molecule has 0 spiro atoms. The van der Waals surface area contributed by atoms with Gasteiger partial charge in [-0.25, -0.2) is 0 Å². The molecule has 0 aliphatic rings. The van der Waals surface area contributed by atoms with E-state index in [-0.39, 0.29) is 5.54 Å². The lowest BCUT2D eigenvalue weighted by Gasteiger charge is -2.26. The molecule has 0 saturated carbocycles. The van der Waals surface area contributed by atoms with Gasteiger partial charge in [0.05, 0.1) is 6.07 Å². The number of nitriles is 1. The number of hydrogen-bond acceptors (Lipinski definition) is 3. The third-order valence-electron chi connectivity index (χ3n) is 3.53. The van der Waals surface area contributed by atoms with Crippen LogP contribution in [0.1, 0.15) is 46.5 Å². The van der Waals surface area contributed by atoms with Crippen molar-refractivity contribution in [3.8, 4) is 6.07 Å². The van der Waals surface area contributed by atoms with Crippen LogP contribution in [-0.2, 0) is 0 Å². The fourth-order valence-electron chi connectivity index (χ4n) is 1.91. The third kappa shape index (κ3) is 6.65. The van der Waals surface area contributed by atoms with Crippen LogP contribution < -0.4 is 5.32 Å². The van der Waals surface area contributed by atoms with E-state index in [1.165, 1.54) is 6.42 Å². The summed E-state index contributed by atoms with van der Waals surface area (Å²) in [4.78, 5) is 2.37. The van der Waals surface area contributed by atoms with Crippen molar-refractivity contribution >= 4 is 0 Å². The fourth-order valence-corrected chi connectivity index (χ4v) is 1.91. The molecule has 0 aliphatic heterocycles. The Morgan fingerprint density at radius 1 is 1.35 bits per heavy atom. The van der Waals surface area contributed by atoms with Crippen LogP contribution in [0.4, 0.5) is 0 Å². The van der Waals surface area contributed by atoms with Gasteiger partial charge in [0.2, 0.25) is 0 Å². The minimum Gasteiger partial charge on any atom is -0.306 e. The summed E-state index contributed by atoms with van der Waals surface area (Å²) < 4.78 is 0. The van der Waals surface area contributed by atoms with Crippen molar-refractivity contribution in [2.24, 2.45) is 5.92 Å². The highest BCUT2D eigenvalue weighted by Gasteiger charge is 2.24. The van der Waals surface area contributed by atoms with Crippen molar-refractivity contribution < 1.29 is 0 Å². The summed E-state index contributed by atoms with van der Waals surface area (Å²) in [6, 6.07) is 2.41. The second-order valence-corrected chi connectivity index (χ2v) is 5.39. The molecule has 3 heteroatoms. The smallest absolute Gasteiger partial charge is 0.106 e. The van der Waals surface area contributed by atoms with Crippen LogP contribution >= 0.6 is 0 Å². The molecule has 0 bridgehead atoms. The van der Waals surface area contributed by atoms with E-state index in [1.807, 2.05) is 7.05 Å². The first-order chi connectivity index (χ1) is 7.99. The van der Waals surface area contributed by atoms with Gasteiger partial charge in [-0.15, -0.1) is 0 Å². The Hall–Kier alpha value is -0.590. The molecular weight excluding hydrogens is 210 g/mol. The Morgan fingerprint density at radius 2 is 2.00 bits per heavy atom. The Morgan fingerprint density at radius 3 is 2.41 bits per heavy atom. The maximum Gasteiger partial charge on any atom is 0.106 e. The van der Waals surface area contributed by atoms with Crippen LogP contribution in [0.3, 0.4) is 0 Å². The van der Waals surface area contributed by atoms with Gasteiger partial charge in [-0.1, -0.05) is 20.8 Å². The Kier molecular flexibility index (Phi) is 8.20. The number of hydrogen-bond donors (Lipinski definition) is 1. The Balaban J connectivity index is 3.85. The van der Waals surface area contributed by atoms with Crippen LogP contribution in [0.2, 0.25) is 0 Å². The summed E-state index contributed by atoms with van der Waals surface area (Å²) in [5.74, 6) is 0.767. The van der Waals surface area contributed by atoms with Gasteiger partial charge in [-0.05, 0) is 58.8 Å². The van der Waals surface area contributed by atoms with E-state index in [9.17, 15) is 5.26 Å². The number of rotatable bonds is 9. The lowest BCUT2D eigenvalue weighted by atomic mass is 9.92. The van der Waals surface area contributed by atoms with Crippen molar-refractivity contribution in [3.05, 3.63) is 0 Å². The van der Waals surface area contributed by atoms with Gasteiger partial charge in [0.25, 0.3) is 0 Å². The predicted octanol–water partition coefficient (Wildman–Crippen LogP) is 2.64. The summed E-state index contributed by atoms with van der Waals surface area (Å²) in [5.41, 5.74) is -0.321. The van der Waals surface area contributed by atoms with Crippen molar-refractivity contribution in [2.45, 2.75) is 52.0 Å². The van der Waals surface area contributed by atoms with Crippen molar-refractivity contribution in [3.63, 3.8) is 0 Å². The van der Waals surface area contributed by atoms with E-state index in [0.29, 0.717) is 0 Å². The average Bonchev–Trinajstić information content (AvgIpc) is 2.33. The van der Waals surface area contributed by atoms with Crippen LogP contribution in [0, 0.1) is 17.2 Å². The standard InChI is InChI=1S/C14H29N3/c1-6-14(12-15,16-4)9-7-10-17(5)11-8-13(2)3/h13,16H,6-11H2,1-5H3.